The quantitative estimate of drug-likeness (QED) is 0.754. The highest BCUT2D eigenvalue weighted by atomic mass is 19.4. The van der Waals surface area contributed by atoms with Crippen LogP contribution in [0.2, 0.25) is 0 Å². The zero-order valence-corrected chi connectivity index (χ0v) is 10.5. The summed E-state index contributed by atoms with van der Waals surface area (Å²) in [5.74, 6) is -1.36. The lowest BCUT2D eigenvalue weighted by Crippen LogP contribution is -2.29. The molecule has 0 aliphatic carbocycles. The zero-order chi connectivity index (χ0) is 15.2. The first-order valence-corrected chi connectivity index (χ1v) is 6.04. The van der Waals surface area contributed by atoms with Crippen molar-refractivity contribution in [2.45, 2.75) is 6.18 Å². The van der Waals surface area contributed by atoms with Crippen molar-refractivity contribution < 1.29 is 22.8 Å². The first-order valence-electron chi connectivity index (χ1n) is 6.04. The van der Waals surface area contributed by atoms with E-state index in [4.69, 9.17) is 0 Å². The highest BCUT2D eigenvalue weighted by molar-refractivity contribution is 6.34. The van der Waals surface area contributed by atoms with Crippen LogP contribution in [0.25, 0.3) is 0 Å². The first-order chi connectivity index (χ1) is 9.89. The number of amides is 2. The van der Waals surface area contributed by atoms with Crippen molar-refractivity contribution in [2.75, 3.05) is 4.90 Å². The van der Waals surface area contributed by atoms with Gasteiger partial charge in [0.1, 0.15) is 0 Å². The molecule has 0 atom stereocenters. The van der Waals surface area contributed by atoms with Gasteiger partial charge in [0, 0.05) is 0 Å². The number of carbonyl (C=O) groups excluding carboxylic acids is 2. The van der Waals surface area contributed by atoms with Gasteiger partial charge < -0.3 is 0 Å². The Morgan fingerprint density at radius 1 is 0.810 bits per heavy atom. The van der Waals surface area contributed by atoms with Crippen LogP contribution in [0, 0.1) is 0 Å². The zero-order valence-electron chi connectivity index (χ0n) is 10.5. The number of fused-ring (bicyclic) bond motifs is 1. The summed E-state index contributed by atoms with van der Waals surface area (Å²) in [5.41, 5.74) is -0.856. The Bertz CT molecular complexity index is 738. The van der Waals surface area contributed by atoms with Gasteiger partial charge in [0.2, 0.25) is 0 Å². The Labute approximate surface area is 117 Å². The Hall–Kier alpha value is -2.63. The smallest absolute Gasteiger partial charge is 0.268 e. The molecule has 0 unspecified atom stereocenters. The number of rotatable bonds is 1. The predicted octanol–water partition coefficient (Wildman–Crippen LogP) is 3.51. The van der Waals surface area contributed by atoms with Gasteiger partial charge in [-0.25, -0.2) is 4.90 Å². The molecule has 0 saturated heterocycles. The van der Waals surface area contributed by atoms with Crippen molar-refractivity contribution in [2.24, 2.45) is 0 Å². The number of nitrogens with zero attached hydrogens (tertiary/aromatic N) is 1. The average molecular weight is 291 g/mol. The minimum Gasteiger partial charge on any atom is -0.268 e. The monoisotopic (exact) mass is 291 g/mol. The van der Waals surface area contributed by atoms with Crippen LogP contribution in [-0.2, 0) is 6.18 Å². The van der Waals surface area contributed by atoms with Crippen LogP contribution in [0.5, 0.6) is 0 Å². The van der Waals surface area contributed by atoms with Crippen LogP contribution in [-0.4, -0.2) is 11.8 Å². The topological polar surface area (TPSA) is 37.4 Å². The molecule has 1 heterocycles. The van der Waals surface area contributed by atoms with E-state index in [0.29, 0.717) is 5.69 Å². The standard InChI is InChI=1S/C15H8F3NO2/c16-15(17,18)9-6-7-11-12(8-9)14(21)19(13(11)20)10-4-2-1-3-5-10/h1-8H. The second-order valence-corrected chi connectivity index (χ2v) is 4.54. The Kier molecular flexibility index (Phi) is 2.83. The van der Waals surface area contributed by atoms with Crippen LogP contribution >= 0.6 is 0 Å². The molecule has 21 heavy (non-hydrogen) atoms. The van der Waals surface area contributed by atoms with Gasteiger partial charge in [0.05, 0.1) is 22.4 Å². The number of benzene rings is 2. The Morgan fingerprint density at radius 2 is 1.43 bits per heavy atom. The lowest BCUT2D eigenvalue weighted by molar-refractivity contribution is -0.137. The highest BCUT2D eigenvalue weighted by Gasteiger charge is 2.39. The lowest BCUT2D eigenvalue weighted by atomic mass is 10.1. The van der Waals surface area contributed by atoms with Gasteiger partial charge in [-0.05, 0) is 30.3 Å². The molecule has 0 N–H and O–H groups in total. The molecule has 0 radical (unpaired) electrons. The number of carbonyl (C=O) groups is 2. The molecule has 0 fully saturated rings. The Balaban J connectivity index is 2.09. The molecule has 2 aromatic carbocycles. The highest BCUT2D eigenvalue weighted by Crippen LogP contribution is 2.34. The van der Waals surface area contributed by atoms with E-state index < -0.39 is 23.6 Å². The first kappa shape index (κ1) is 13.4. The van der Waals surface area contributed by atoms with Crippen molar-refractivity contribution in [3.8, 4) is 0 Å². The SMILES string of the molecule is O=C1c2ccc(C(F)(F)F)cc2C(=O)N1c1ccccc1. The maximum atomic E-state index is 12.7. The summed E-state index contributed by atoms with van der Waals surface area (Å²) in [5, 5.41) is 0. The maximum absolute atomic E-state index is 12.7. The molecule has 0 saturated carbocycles. The van der Waals surface area contributed by atoms with Crippen molar-refractivity contribution in [3.05, 3.63) is 65.2 Å². The normalized spacial score (nSPS) is 14.5. The van der Waals surface area contributed by atoms with E-state index >= 15 is 0 Å². The van der Waals surface area contributed by atoms with E-state index in [0.717, 1.165) is 23.1 Å². The van der Waals surface area contributed by atoms with Gasteiger partial charge in [-0.15, -0.1) is 0 Å². The molecular formula is C15H8F3NO2. The summed E-state index contributed by atoms with van der Waals surface area (Å²) in [4.78, 5) is 25.3. The van der Waals surface area contributed by atoms with Crippen LogP contribution in [0.4, 0.5) is 18.9 Å². The number of imide groups is 1. The van der Waals surface area contributed by atoms with Crippen LogP contribution < -0.4 is 4.90 Å². The minimum atomic E-state index is -4.56. The van der Waals surface area contributed by atoms with Gasteiger partial charge in [-0.1, -0.05) is 18.2 Å². The third-order valence-electron chi connectivity index (χ3n) is 3.23. The summed E-state index contributed by atoms with van der Waals surface area (Å²) in [6, 6.07) is 10.7. The summed E-state index contributed by atoms with van der Waals surface area (Å²) in [7, 11) is 0. The molecular weight excluding hydrogens is 283 g/mol. The van der Waals surface area contributed by atoms with Crippen LogP contribution in [0.1, 0.15) is 26.3 Å². The van der Waals surface area contributed by atoms with E-state index in [-0.39, 0.29) is 11.1 Å². The van der Waals surface area contributed by atoms with Crippen LogP contribution in [0.15, 0.2) is 48.5 Å². The molecule has 2 aromatic rings. The van der Waals surface area contributed by atoms with E-state index in [9.17, 15) is 22.8 Å². The molecule has 2 amide bonds. The second-order valence-electron chi connectivity index (χ2n) is 4.54. The number of para-hydroxylation sites is 1. The molecule has 0 spiro atoms. The number of anilines is 1. The summed E-state index contributed by atoms with van der Waals surface area (Å²) < 4.78 is 38.1. The van der Waals surface area contributed by atoms with Crippen molar-refractivity contribution in [3.63, 3.8) is 0 Å². The molecule has 6 heteroatoms. The van der Waals surface area contributed by atoms with E-state index in [1.54, 1.807) is 30.3 Å². The minimum absolute atomic E-state index is 0.0168. The average Bonchev–Trinajstić information content (AvgIpc) is 2.70. The van der Waals surface area contributed by atoms with Crippen LogP contribution in [0.3, 0.4) is 0 Å². The third-order valence-corrected chi connectivity index (χ3v) is 3.23. The molecule has 0 bridgehead atoms. The van der Waals surface area contributed by atoms with Gasteiger partial charge in [0.15, 0.2) is 0 Å². The van der Waals surface area contributed by atoms with Crippen molar-refractivity contribution in [1.82, 2.24) is 0 Å². The molecule has 1 aliphatic rings. The fourth-order valence-corrected chi connectivity index (χ4v) is 2.23. The lowest BCUT2D eigenvalue weighted by Gasteiger charge is -2.13. The molecule has 106 valence electrons. The number of hydrogen-bond acceptors (Lipinski definition) is 2. The number of alkyl halides is 3. The van der Waals surface area contributed by atoms with Gasteiger partial charge in [-0.3, -0.25) is 9.59 Å². The van der Waals surface area contributed by atoms with Crippen molar-refractivity contribution in [1.29, 1.82) is 0 Å². The Morgan fingerprint density at radius 3 is 2.05 bits per heavy atom. The number of halogens is 3. The molecule has 3 rings (SSSR count). The van der Waals surface area contributed by atoms with Crippen molar-refractivity contribution >= 4 is 17.5 Å². The largest absolute Gasteiger partial charge is 0.416 e. The van der Waals surface area contributed by atoms with Gasteiger partial charge in [-0.2, -0.15) is 13.2 Å². The maximum Gasteiger partial charge on any atom is 0.416 e. The fourth-order valence-electron chi connectivity index (χ4n) is 2.23. The molecule has 3 nitrogen and oxygen atoms in total. The molecule has 1 aliphatic heterocycles. The summed E-state index contributed by atoms with van der Waals surface area (Å²) in [6.45, 7) is 0. The number of hydrogen-bond donors (Lipinski definition) is 0. The molecule has 0 aromatic heterocycles. The summed E-state index contributed by atoms with van der Waals surface area (Å²) >= 11 is 0. The second kappa shape index (κ2) is 4.44. The van der Waals surface area contributed by atoms with Gasteiger partial charge >= 0.3 is 6.18 Å². The fraction of sp³-hybridized carbons (Fsp3) is 0.0667. The van der Waals surface area contributed by atoms with E-state index in [1.165, 1.54) is 0 Å². The van der Waals surface area contributed by atoms with E-state index in [1.807, 2.05) is 0 Å². The third kappa shape index (κ3) is 2.08. The predicted molar refractivity (Wildman–Crippen MR) is 69.0 cm³/mol. The van der Waals surface area contributed by atoms with Gasteiger partial charge in [0.25, 0.3) is 11.8 Å². The summed E-state index contributed by atoms with van der Waals surface area (Å²) in [6.07, 6.45) is -4.56. The van der Waals surface area contributed by atoms with E-state index in [2.05, 4.69) is 0 Å².